The fourth-order valence-electron chi connectivity index (χ4n) is 0.459. The molecule has 0 heterocycles. The Hall–Kier alpha value is -0.140. The number of hydrogen-bond acceptors (Lipinski definition) is 0. The SMILES string of the molecule is CC.CC.CC.CC(C)CCC(F)F. The van der Waals surface area contributed by atoms with Crippen LogP contribution in [0.5, 0.6) is 0 Å². The van der Waals surface area contributed by atoms with E-state index in [2.05, 4.69) is 0 Å². The lowest BCUT2D eigenvalue weighted by Gasteiger charge is -2.01. The van der Waals surface area contributed by atoms with Gasteiger partial charge in [0.15, 0.2) is 0 Å². The van der Waals surface area contributed by atoms with Crippen molar-refractivity contribution in [2.75, 3.05) is 0 Å². The van der Waals surface area contributed by atoms with Crippen molar-refractivity contribution in [2.45, 2.75) is 74.7 Å². The molecule has 0 saturated heterocycles. The second kappa shape index (κ2) is 29.3. The number of rotatable bonds is 3. The molecule has 0 rings (SSSR count). The van der Waals surface area contributed by atoms with Gasteiger partial charge in [-0.3, -0.25) is 0 Å². The molecule has 0 aliphatic heterocycles. The van der Waals surface area contributed by atoms with Gasteiger partial charge in [0.25, 0.3) is 0 Å². The Balaban J connectivity index is -0.0000000708. The van der Waals surface area contributed by atoms with E-state index in [4.69, 9.17) is 0 Å². The Morgan fingerprint density at radius 3 is 1.07 bits per heavy atom. The van der Waals surface area contributed by atoms with Gasteiger partial charge in [-0.15, -0.1) is 0 Å². The molecule has 0 amide bonds. The summed E-state index contributed by atoms with van der Waals surface area (Å²) in [5, 5.41) is 0. The van der Waals surface area contributed by atoms with Crippen molar-refractivity contribution < 1.29 is 8.78 Å². The average molecular weight is 212 g/mol. The highest BCUT2D eigenvalue weighted by Crippen LogP contribution is 2.09. The van der Waals surface area contributed by atoms with Crippen LogP contribution in [0.1, 0.15) is 68.2 Å². The molecular formula is C12H30F2. The van der Waals surface area contributed by atoms with Crippen LogP contribution in [-0.4, -0.2) is 6.43 Å². The van der Waals surface area contributed by atoms with Crippen molar-refractivity contribution in [3.63, 3.8) is 0 Å². The highest BCUT2D eigenvalue weighted by Gasteiger charge is 2.02. The molecule has 0 radical (unpaired) electrons. The Morgan fingerprint density at radius 2 is 1.00 bits per heavy atom. The van der Waals surface area contributed by atoms with Gasteiger partial charge in [-0.2, -0.15) is 0 Å². The Labute approximate surface area is 90.1 Å². The van der Waals surface area contributed by atoms with E-state index in [1.165, 1.54) is 0 Å². The van der Waals surface area contributed by atoms with Crippen molar-refractivity contribution in [1.82, 2.24) is 0 Å². The van der Waals surface area contributed by atoms with Crippen molar-refractivity contribution in [2.24, 2.45) is 5.92 Å². The summed E-state index contributed by atoms with van der Waals surface area (Å²) in [4.78, 5) is 0. The molecule has 14 heavy (non-hydrogen) atoms. The van der Waals surface area contributed by atoms with E-state index in [0.29, 0.717) is 12.3 Å². The van der Waals surface area contributed by atoms with Crippen LogP contribution >= 0.6 is 0 Å². The summed E-state index contributed by atoms with van der Waals surface area (Å²) in [6.07, 6.45) is -1.42. The predicted octanol–water partition coefficient (Wildman–Crippen LogP) is 5.77. The minimum atomic E-state index is -2.11. The Bertz CT molecular complexity index is 44.3. The summed E-state index contributed by atoms with van der Waals surface area (Å²) < 4.78 is 22.8. The zero-order valence-corrected chi connectivity index (χ0v) is 11.3. The first-order valence-electron chi connectivity index (χ1n) is 5.91. The van der Waals surface area contributed by atoms with Gasteiger partial charge in [-0.25, -0.2) is 8.78 Å². The van der Waals surface area contributed by atoms with Gasteiger partial charge in [0.2, 0.25) is 6.43 Å². The van der Waals surface area contributed by atoms with Crippen LogP contribution in [0.3, 0.4) is 0 Å². The monoisotopic (exact) mass is 212 g/mol. The third-order valence-electron chi connectivity index (χ3n) is 0.962. The zero-order chi connectivity index (χ0) is 12.6. The molecule has 92 valence electrons. The third kappa shape index (κ3) is 59.2. The normalized spacial score (nSPS) is 7.71. The van der Waals surface area contributed by atoms with E-state index in [1.54, 1.807) is 0 Å². The van der Waals surface area contributed by atoms with Crippen LogP contribution in [0.25, 0.3) is 0 Å². The molecule has 0 aromatic carbocycles. The predicted molar refractivity (Wildman–Crippen MR) is 64.1 cm³/mol. The summed E-state index contributed by atoms with van der Waals surface area (Å²) >= 11 is 0. The van der Waals surface area contributed by atoms with Crippen LogP contribution < -0.4 is 0 Å². The Kier molecular flexibility index (Phi) is 49.3. The molecule has 0 aliphatic carbocycles. The van der Waals surface area contributed by atoms with Crippen LogP contribution in [0.4, 0.5) is 8.78 Å². The lowest BCUT2D eigenvalue weighted by molar-refractivity contribution is 0.130. The quantitative estimate of drug-likeness (QED) is 0.557. The highest BCUT2D eigenvalue weighted by atomic mass is 19.3. The minimum absolute atomic E-state index is 0.0532. The maximum atomic E-state index is 11.4. The van der Waals surface area contributed by atoms with E-state index in [0.717, 1.165) is 0 Å². The minimum Gasteiger partial charge on any atom is -0.211 e. The highest BCUT2D eigenvalue weighted by molar-refractivity contribution is 4.46. The van der Waals surface area contributed by atoms with E-state index in [9.17, 15) is 8.78 Å². The van der Waals surface area contributed by atoms with Gasteiger partial charge in [0.05, 0.1) is 0 Å². The third-order valence-corrected chi connectivity index (χ3v) is 0.962. The Morgan fingerprint density at radius 1 is 0.714 bits per heavy atom. The maximum absolute atomic E-state index is 11.4. The molecule has 0 bridgehead atoms. The van der Waals surface area contributed by atoms with Crippen LogP contribution in [0, 0.1) is 5.92 Å². The largest absolute Gasteiger partial charge is 0.238 e. The number of hydrogen-bond donors (Lipinski definition) is 0. The first-order valence-corrected chi connectivity index (χ1v) is 5.91. The molecule has 0 aromatic rings. The van der Waals surface area contributed by atoms with Crippen molar-refractivity contribution in [1.29, 1.82) is 0 Å². The standard InChI is InChI=1S/C6H12F2.3C2H6/c1-5(2)3-4-6(7)8;3*1-2/h5-6H,3-4H2,1-2H3;3*1-2H3. The maximum Gasteiger partial charge on any atom is 0.238 e. The van der Waals surface area contributed by atoms with Crippen LogP contribution in [0.2, 0.25) is 0 Å². The van der Waals surface area contributed by atoms with E-state index >= 15 is 0 Å². The summed E-state index contributed by atoms with van der Waals surface area (Å²) in [5.41, 5.74) is 0. The van der Waals surface area contributed by atoms with Gasteiger partial charge in [0, 0.05) is 6.42 Å². The second-order valence-electron chi connectivity index (χ2n) is 2.36. The fourth-order valence-corrected chi connectivity index (χ4v) is 0.459. The summed E-state index contributed by atoms with van der Waals surface area (Å²) in [7, 11) is 0. The molecule has 0 saturated carbocycles. The summed E-state index contributed by atoms with van der Waals surface area (Å²) in [6.45, 7) is 15.9. The first kappa shape index (κ1) is 23.6. The van der Waals surface area contributed by atoms with Gasteiger partial charge >= 0.3 is 0 Å². The topological polar surface area (TPSA) is 0 Å². The molecule has 0 spiro atoms. The van der Waals surface area contributed by atoms with Crippen molar-refractivity contribution >= 4 is 0 Å². The molecule has 0 atom stereocenters. The van der Waals surface area contributed by atoms with Crippen LogP contribution in [-0.2, 0) is 0 Å². The molecule has 0 N–H and O–H groups in total. The first-order chi connectivity index (χ1) is 6.63. The van der Waals surface area contributed by atoms with Gasteiger partial charge in [-0.1, -0.05) is 55.4 Å². The van der Waals surface area contributed by atoms with E-state index in [1.807, 2.05) is 55.4 Å². The van der Waals surface area contributed by atoms with E-state index in [-0.39, 0.29) is 6.42 Å². The lowest BCUT2D eigenvalue weighted by atomic mass is 10.1. The summed E-state index contributed by atoms with van der Waals surface area (Å²) in [6, 6.07) is 0. The smallest absolute Gasteiger partial charge is 0.211 e. The molecule has 0 unspecified atom stereocenters. The molecule has 2 heteroatoms. The molecule has 0 aromatic heterocycles. The lowest BCUT2D eigenvalue weighted by Crippen LogP contribution is -1.94. The van der Waals surface area contributed by atoms with E-state index < -0.39 is 6.43 Å². The molecule has 0 nitrogen and oxygen atoms in total. The second-order valence-corrected chi connectivity index (χ2v) is 2.36. The van der Waals surface area contributed by atoms with Crippen molar-refractivity contribution in [3.05, 3.63) is 0 Å². The van der Waals surface area contributed by atoms with Gasteiger partial charge < -0.3 is 0 Å². The molecule has 0 fully saturated rings. The van der Waals surface area contributed by atoms with Gasteiger partial charge in [0.1, 0.15) is 0 Å². The average Bonchev–Trinajstić information content (AvgIpc) is 2.24. The number of alkyl halides is 2. The van der Waals surface area contributed by atoms with Crippen LogP contribution in [0.15, 0.2) is 0 Å². The zero-order valence-electron chi connectivity index (χ0n) is 11.3. The van der Waals surface area contributed by atoms with Gasteiger partial charge in [-0.05, 0) is 12.3 Å². The molecular weight excluding hydrogens is 182 g/mol. The van der Waals surface area contributed by atoms with Crippen molar-refractivity contribution in [3.8, 4) is 0 Å². The molecule has 0 aliphatic rings. The fraction of sp³-hybridized carbons (Fsp3) is 1.00. The summed E-state index contributed by atoms with van der Waals surface area (Å²) in [5.74, 6) is 0.406. The number of halogens is 2.